The lowest BCUT2D eigenvalue weighted by molar-refractivity contribution is 0.603. The molecule has 0 spiro atoms. The van der Waals surface area contributed by atoms with Gasteiger partial charge < -0.3 is 0 Å². The summed E-state index contributed by atoms with van der Waals surface area (Å²) in [5.41, 5.74) is 0.679. The summed E-state index contributed by atoms with van der Waals surface area (Å²) in [4.78, 5) is -0.136. The Hall–Kier alpha value is -2.38. The van der Waals surface area contributed by atoms with Gasteiger partial charge in [-0.2, -0.15) is 5.26 Å². The summed E-state index contributed by atoms with van der Waals surface area (Å²) >= 11 is 0. The fraction of sp³-hybridized carbons (Fsp3) is 0. The molecule has 2 aromatic rings. The number of hydrogen-bond acceptors (Lipinski definition) is 3. The second-order valence-corrected chi connectivity index (χ2v) is 5.77. The van der Waals surface area contributed by atoms with Crippen molar-refractivity contribution in [3.05, 3.63) is 71.1 Å². The van der Waals surface area contributed by atoms with Crippen LogP contribution >= 0.6 is 0 Å². The van der Waals surface area contributed by atoms with Crippen LogP contribution in [0.1, 0.15) is 5.56 Å². The number of sulfone groups is 1. The van der Waals surface area contributed by atoms with Crippen molar-refractivity contribution in [1.82, 2.24) is 0 Å². The fourth-order valence-corrected chi connectivity index (χ4v) is 2.78. The lowest BCUT2D eigenvalue weighted by atomic mass is 10.2. The van der Waals surface area contributed by atoms with Crippen LogP contribution in [0.15, 0.2) is 70.5 Å². The van der Waals surface area contributed by atoms with Crippen molar-refractivity contribution in [3.63, 3.8) is 0 Å². The molecule has 0 amide bonds. The van der Waals surface area contributed by atoms with Gasteiger partial charge in [0.2, 0.25) is 9.84 Å². The van der Waals surface area contributed by atoms with Crippen molar-refractivity contribution < 1.29 is 8.42 Å². The summed E-state index contributed by atoms with van der Waals surface area (Å²) in [6, 6.07) is 18.6. The number of nitriles is 1. The number of benzene rings is 2. The molecule has 0 N–H and O–H groups in total. The second kappa shape index (κ2) is 5.51. The maximum atomic E-state index is 12.3. The summed E-state index contributed by atoms with van der Waals surface area (Å²) in [6.07, 6.45) is 1.38. The Labute approximate surface area is 112 Å². The number of nitrogens with zero attached hydrogens (tertiary/aromatic N) is 1. The second-order valence-electron chi connectivity index (χ2n) is 3.85. The van der Waals surface area contributed by atoms with E-state index in [-0.39, 0.29) is 9.80 Å². The molecule has 0 aromatic heterocycles. The highest BCUT2D eigenvalue weighted by atomic mass is 32.2. The molecule has 94 valence electrons. The first-order valence-corrected chi connectivity index (χ1v) is 7.10. The molecule has 0 unspecified atom stereocenters. The third-order valence-electron chi connectivity index (χ3n) is 2.55. The van der Waals surface area contributed by atoms with Crippen molar-refractivity contribution in [3.8, 4) is 6.07 Å². The number of allylic oxidation sites excluding steroid dienone is 1. The topological polar surface area (TPSA) is 57.9 Å². The van der Waals surface area contributed by atoms with E-state index in [1.165, 1.54) is 18.2 Å². The van der Waals surface area contributed by atoms with Gasteiger partial charge in [-0.3, -0.25) is 0 Å². The summed E-state index contributed by atoms with van der Waals surface area (Å²) in [7, 11) is -3.75. The predicted octanol–water partition coefficient (Wildman–Crippen LogP) is 3.02. The molecule has 0 saturated carbocycles. The van der Waals surface area contributed by atoms with E-state index in [4.69, 9.17) is 5.26 Å². The smallest absolute Gasteiger partial charge is 0.216 e. The van der Waals surface area contributed by atoms with Crippen molar-refractivity contribution >= 4 is 15.9 Å². The minimum absolute atomic E-state index is 0.124. The van der Waals surface area contributed by atoms with E-state index in [0.29, 0.717) is 5.56 Å². The summed E-state index contributed by atoms with van der Waals surface area (Å²) in [6.45, 7) is 0. The Morgan fingerprint density at radius 3 is 2.00 bits per heavy atom. The quantitative estimate of drug-likeness (QED) is 0.805. The van der Waals surface area contributed by atoms with Crippen molar-refractivity contribution in [1.29, 1.82) is 5.26 Å². The summed E-state index contributed by atoms with van der Waals surface area (Å²) in [5, 5.41) is 9.09. The highest BCUT2D eigenvalue weighted by molar-refractivity contribution is 7.95. The molecule has 0 radical (unpaired) electrons. The average Bonchev–Trinajstić information content (AvgIpc) is 2.46. The highest BCUT2D eigenvalue weighted by Crippen LogP contribution is 2.20. The van der Waals surface area contributed by atoms with Gasteiger partial charge in [-0.05, 0) is 23.8 Å². The van der Waals surface area contributed by atoms with Crippen LogP contribution in [-0.2, 0) is 9.84 Å². The fourth-order valence-electron chi connectivity index (χ4n) is 1.60. The Balaban J connectivity index is 2.50. The molecule has 0 atom stereocenters. The van der Waals surface area contributed by atoms with E-state index < -0.39 is 9.84 Å². The largest absolute Gasteiger partial charge is 0.218 e. The van der Waals surface area contributed by atoms with Crippen LogP contribution < -0.4 is 0 Å². The summed E-state index contributed by atoms with van der Waals surface area (Å²) in [5.74, 6) is 0. The molecule has 0 aliphatic carbocycles. The van der Waals surface area contributed by atoms with Gasteiger partial charge in [-0.15, -0.1) is 0 Å². The van der Waals surface area contributed by atoms with Crippen molar-refractivity contribution in [2.75, 3.05) is 0 Å². The molecule has 0 aliphatic heterocycles. The third kappa shape index (κ3) is 2.90. The Bertz CT molecular complexity index is 727. The zero-order valence-electron chi connectivity index (χ0n) is 10.0. The molecule has 19 heavy (non-hydrogen) atoms. The minimum Gasteiger partial charge on any atom is -0.218 e. The Morgan fingerprint density at radius 2 is 1.47 bits per heavy atom. The lowest BCUT2D eigenvalue weighted by Crippen LogP contribution is -2.03. The first kappa shape index (κ1) is 13.1. The molecule has 3 nitrogen and oxygen atoms in total. The van der Waals surface area contributed by atoms with Crippen molar-refractivity contribution in [2.24, 2.45) is 0 Å². The SMILES string of the molecule is N#C/C(=C\c1ccccc1)S(=O)(=O)c1ccccc1. The highest BCUT2D eigenvalue weighted by Gasteiger charge is 2.20. The van der Waals surface area contributed by atoms with E-state index in [1.807, 2.05) is 6.07 Å². The summed E-state index contributed by atoms with van der Waals surface area (Å²) < 4.78 is 24.6. The maximum Gasteiger partial charge on any atom is 0.216 e. The maximum absolute atomic E-state index is 12.3. The van der Waals surface area contributed by atoms with Crippen LogP contribution in [0.25, 0.3) is 6.08 Å². The van der Waals surface area contributed by atoms with Gasteiger partial charge in [0, 0.05) is 0 Å². The molecule has 2 rings (SSSR count). The first-order valence-electron chi connectivity index (χ1n) is 5.61. The number of rotatable bonds is 3. The van der Waals surface area contributed by atoms with Crippen LogP contribution in [0.5, 0.6) is 0 Å². The lowest BCUT2D eigenvalue weighted by Gasteiger charge is -2.02. The minimum atomic E-state index is -3.75. The zero-order chi connectivity index (χ0) is 13.7. The van der Waals surface area contributed by atoms with Crippen LogP contribution in [-0.4, -0.2) is 8.42 Å². The Morgan fingerprint density at radius 1 is 0.947 bits per heavy atom. The molecule has 0 fully saturated rings. The van der Waals surface area contributed by atoms with E-state index in [1.54, 1.807) is 48.5 Å². The van der Waals surface area contributed by atoms with Gasteiger partial charge in [0.1, 0.15) is 11.0 Å². The number of hydrogen-bond donors (Lipinski definition) is 0. The molecular weight excluding hydrogens is 258 g/mol. The van der Waals surface area contributed by atoms with Crippen LogP contribution in [0.2, 0.25) is 0 Å². The first-order chi connectivity index (χ1) is 9.14. The van der Waals surface area contributed by atoms with Crippen LogP contribution in [0, 0.1) is 11.3 Å². The molecule has 4 heteroatoms. The van der Waals surface area contributed by atoms with E-state index in [2.05, 4.69) is 0 Å². The normalized spacial score (nSPS) is 11.8. The molecule has 0 heterocycles. The van der Waals surface area contributed by atoms with E-state index in [9.17, 15) is 8.42 Å². The average molecular weight is 269 g/mol. The van der Waals surface area contributed by atoms with Gasteiger partial charge in [0.15, 0.2) is 0 Å². The standard InChI is InChI=1S/C15H11NO2S/c16-12-15(11-13-7-3-1-4-8-13)19(17,18)14-9-5-2-6-10-14/h1-11H/b15-11+. The molecule has 0 saturated heterocycles. The van der Waals surface area contributed by atoms with Gasteiger partial charge in [-0.25, -0.2) is 8.42 Å². The predicted molar refractivity (Wildman–Crippen MR) is 73.7 cm³/mol. The zero-order valence-corrected chi connectivity index (χ0v) is 10.8. The van der Waals surface area contributed by atoms with Gasteiger partial charge in [0.05, 0.1) is 4.90 Å². The molecule has 0 aliphatic rings. The molecule has 2 aromatic carbocycles. The van der Waals surface area contributed by atoms with Gasteiger partial charge in [-0.1, -0.05) is 48.5 Å². The van der Waals surface area contributed by atoms with Gasteiger partial charge in [0.25, 0.3) is 0 Å². The molecular formula is C15H11NO2S. The van der Waals surface area contributed by atoms with Crippen LogP contribution in [0.4, 0.5) is 0 Å². The van der Waals surface area contributed by atoms with Crippen LogP contribution in [0.3, 0.4) is 0 Å². The van der Waals surface area contributed by atoms with E-state index in [0.717, 1.165) is 0 Å². The van der Waals surface area contributed by atoms with E-state index >= 15 is 0 Å². The van der Waals surface area contributed by atoms with Gasteiger partial charge >= 0.3 is 0 Å². The van der Waals surface area contributed by atoms with Crippen molar-refractivity contribution in [2.45, 2.75) is 4.90 Å². The monoisotopic (exact) mass is 269 g/mol. The Kier molecular flexibility index (Phi) is 3.79. The third-order valence-corrected chi connectivity index (χ3v) is 4.23. The molecule has 0 bridgehead atoms.